The summed E-state index contributed by atoms with van der Waals surface area (Å²) in [5, 5.41) is 2.03. The maximum absolute atomic E-state index is 5.91. The third-order valence-electron chi connectivity index (χ3n) is 2.97. The van der Waals surface area contributed by atoms with Crippen LogP contribution in [0.1, 0.15) is 0 Å². The summed E-state index contributed by atoms with van der Waals surface area (Å²) >= 11 is 1.59. The van der Waals surface area contributed by atoms with E-state index in [1.165, 1.54) is 0 Å². The number of hydrogen-bond donors (Lipinski definition) is 1. The first-order valence-electron chi connectivity index (χ1n) is 5.67. The molecule has 0 saturated heterocycles. The Morgan fingerprint density at radius 2 is 2.11 bits per heavy atom. The van der Waals surface area contributed by atoms with E-state index >= 15 is 0 Å². The minimum atomic E-state index is 0.469. The van der Waals surface area contributed by atoms with Crippen LogP contribution in [-0.4, -0.2) is 23.6 Å². The molecule has 0 aliphatic heterocycles. The minimum Gasteiger partial charge on any atom is -0.497 e. The normalized spacial score (nSPS) is 10.8. The topological polar surface area (TPSA) is 61.8 Å². The second-order valence-corrected chi connectivity index (χ2v) is 4.87. The maximum atomic E-state index is 5.91. The van der Waals surface area contributed by atoms with E-state index in [2.05, 4.69) is 4.98 Å². The first kappa shape index (κ1) is 11.9. The van der Waals surface area contributed by atoms with Gasteiger partial charge in [-0.25, -0.2) is 4.98 Å². The molecule has 0 bridgehead atoms. The summed E-state index contributed by atoms with van der Waals surface area (Å²) in [4.78, 5) is 5.12. The summed E-state index contributed by atoms with van der Waals surface area (Å²) in [6, 6.07) is 5.67. The Hall–Kier alpha value is -2.21. The molecule has 0 fully saturated rings. The highest BCUT2D eigenvalue weighted by Crippen LogP contribution is 2.36. The first-order chi connectivity index (χ1) is 9.24. The lowest BCUT2D eigenvalue weighted by molar-refractivity contribution is 0.404. The van der Waals surface area contributed by atoms with Gasteiger partial charge in [0.05, 0.1) is 26.1 Å². The molecule has 0 aliphatic carbocycles. The van der Waals surface area contributed by atoms with Crippen molar-refractivity contribution in [1.82, 2.24) is 9.38 Å². The standard InChI is InChI=1S/C13H13N3O2S/c1-17-8-3-4-11(18-2)9(5-8)10-7-19-12-6-15-13(14)16(10)12/h3-7H,1-2H3,(H2,14,15). The summed E-state index contributed by atoms with van der Waals surface area (Å²) in [7, 11) is 3.28. The second kappa shape index (κ2) is 4.47. The van der Waals surface area contributed by atoms with Crippen molar-refractivity contribution in [3.8, 4) is 22.8 Å². The molecule has 2 heterocycles. The van der Waals surface area contributed by atoms with Gasteiger partial charge in [0, 0.05) is 10.9 Å². The molecule has 0 amide bonds. The molecule has 0 spiro atoms. The van der Waals surface area contributed by atoms with Gasteiger partial charge in [0.15, 0.2) is 0 Å². The van der Waals surface area contributed by atoms with Crippen LogP contribution in [0.5, 0.6) is 11.5 Å². The molecule has 0 radical (unpaired) electrons. The number of ether oxygens (including phenoxy) is 2. The number of anilines is 1. The molecular weight excluding hydrogens is 262 g/mol. The monoisotopic (exact) mass is 275 g/mol. The summed E-state index contributed by atoms with van der Waals surface area (Å²) in [6.45, 7) is 0. The van der Waals surface area contributed by atoms with E-state index < -0.39 is 0 Å². The molecule has 98 valence electrons. The van der Waals surface area contributed by atoms with Gasteiger partial charge in [-0.1, -0.05) is 0 Å². The summed E-state index contributed by atoms with van der Waals surface area (Å²) in [5.41, 5.74) is 7.79. The van der Waals surface area contributed by atoms with Gasteiger partial charge in [-0.2, -0.15) is 0 Å². The molecule has 3 rings (SSSR count). The van der Waals surface area contributed by atoms with Crippen molar-refractivity contribution >= 4 is 22.1 Å². The zero-order valence-electron chi connectivity index (χ0n) is 10.6. The van der Waals surface area contributed by atoms with Crippen LogP contribution in [0.15, 0.2) is 29.8 Å². The molecule has 0 saturated carbocycles. The molecule has 1 aromatic carbocycles. The number of imidazole rings is 1. The fourth-order valence-corrected chi connectivity index (χ4v) is 2.92. The Morgan fingerprint density at radius 3 is 2.84 bits per heavy atom. The third-order valence-corrected chi connectivity index (χ3v) is 3.84. The van der Waals surface area contributed by atoms with Gasteiger partial charge < -0.3 is 15.2 Å². The van der Waals surface area contributed by atoms with Crippen molar-refractivity contribution < 1.29 is 9.47 Å². The van der Waals surface area contributed by atoms with Gasteiger partial charge in [0.25, 0.3) is 0 Å². The van der Waals surface area contributed by atoms with E-state index in [-0.39, 0.29) is 0 Å². The van der Waals surface area contributed by atoms with E-state index in [0.29, 0.717) is 5.95 Å². The number of aromatic nitrogens is 2. The van der Waals surface area contributed by atoms with Gasteiger partial charge in [-0.15, -0.1) is 11.3 Å². The van der Waals surface area contributed by atoms with E-state index in [4.69, 9.17) is 15.2 Å². The van der Waals surface area contributed by atoms with Gasteiger partial charge in [0.2, 0.25) is 5.95 Å². The van der Waals surface area contributed by atoms with E-state index in [9.17, 15) is 0 Å². The van der Waals surface area contributed by atoms with Crippen LogP contribution in [0.25, 0.3) is 16.1 Å². The number of benzene rings is 1. The molecule has 0 aliphatic rings. The molecular formula is C13H13N3O2S. The van der Waals surface area contributed by atoms with E-state index in [0.717, 1.165) is 27.6 Å². The van der Waals surface area contributed by atoms with E-state index in [1.807, 2.05) is 28.0 Å². The fourth-order valence-electron chi connectivity index (χ4n) is 2.04. The molecule has 0 atom stereocenters. The van der Waals surface area contributed by atoms with Crippen molar-refractivity contribution in [3.63, 3.8) is 0 Å². The SMILES string of the molecule is COc1ccc(OC)c(-c2csc3cnc(N)n23)c1. The average Bonchev–Trinajstić information content (AvgIpc) is 3.01. The molecule has 2 N–H and O–H groups in total. The van der Waals surface area contributed by atoms with E-state index in [1.54, 1.807) is 31.8 Å². The van der Waals surface area contributed by atoms with Crippen molar-refractivity contribution in [3.05, 3.63) is 29.8 Å². The Bertz CT molecular complexity index is 733. The quantitative estimate of drug-likeness (QED) is 0.798. The van der Waals surface area contributed by atoms with Gasteiger partial charge in [0.1, 0.15) is 16.3 Å². The molecule has 19 heavy (non-hydrogen) atoms. The highest BCUT2D eigenvalue weighted by atomic mass is 32.1. The predicted molar refractivity (Wildman–Crippen MR) is 76.0 cm³/mol. The lowest BCUT2D eigenvalue weighted by Gasteiger charge is -2.10. The Balaban J connectivity index is 2.27. The van der Waals surface area contributed by atoms with Crippen LogP contribution in [0, 0.1) is 0 Å². The van der Waals surface area contributed by atoms with Crippen molar-refractivity contribution in [2.45, 2.75) is 0 Å². The largest absolute Gasteiger partial charge is 0.497 e. The number of fused-ring (bicyclic) bond motifs is 1. The molecule has 0 unspecified atom stereocenters. The predicted octanol–water partition coefficient (Wildman–Crippen LogP) is 2.66. The second-order valence-electron chi connectivity index (χ2n) is 3.98. The van der Waals surface area contributed by atoms with Crippen molar-refractivity contribution in [1.29, 1.82) is 0 Å². The Kier molecular flexibility index (Phi) is 2.79. The number of methoxy groups -OCH3 is 2. The average molecular weight is 275 g/mol. The lowest BCUT2D eigenvalue weighted by Crippen LogP contribution is -1.97. The van der Waals surface area contributed by atoms with Crippen LogP contribution >= 0.6 is 11.3 Å². The van der Waals surface area contributed by atoms with Gasteiger partial charge in [-0.05, 0) is 18.2 Å². The summed E-state index contributed by atoms with van der Waals surface area (Å²) in [6.07, 6.45) is 1.76. The Morgan fingerprint density at radius 1 is 1.26 bits per heavy atom. The Labute approximate surface area is 114 Å². The van der Waals surface area contributed by atoms with Crippen molar-refractivity contribution in [2.24, 2.45) is 0 Å². The summed E-state index contributed by atoms with van der Waals surface area (Å²) in [5.74, 6) is 2.01. The number of hydrogen-bond acceptors (Lipinski definition) is 5. The van der Waals surface area contributed by atoms with Crippen molar-refractivity contribution in [2.75, 3.05) is 20.0 Å². The zero-order valence-corrected chi connectivity index (χ0v) is 11.4. The maximum Gasteiger partial charge on any atom is 0.206 e. The number of thiazole rings is 1. The van der Waals surface area contributed by atoms with Gasteiger partial charge in [-0.3, -0.25) is 4.40 Å². The molecule has 2 aromatic heterocycles. The lowest BCUT2D eigenvalue weighted by atomic mass is 10.1. The third kappa shape index (κ3) is 1.80. The number of nitrogens with zero attached hydrogens (tertiary/aromatic N) is 2. The molecule has 5 nitrogen and oxygen atoms in total. The van der Waals surface area contributed by atoms with Crippen LogP contribution in [-0.2, 0) is 0 Å². The van der Waals surface area contributed by atoms with Gasteiger partial charge >= 0.3 is 0 Å². The number of nitrogens with two attached hydrogens (primary N) is 1. The minimum absolute atomic E-state index is 0.469. The highest BCUT2D eigenvalue weighted by molar-refractivity contribution is 7.16. The number of nitrogen functional groups attached to an aromatic ring is 1. The fraction of sp³-hybridized carbons (Fsp3) is 0.154. The summed E-state index contributed by atoms with van der Waals surface area (Å²) < 4.78 is 12.6. The zero-order chi connectivity index (χ0) is 13.4. The first-order valence-corrected chi connectivity index (χ1v) is 6.55. The number of rotatable bonds is 3. The highest BCUT2D eigenvalue weighted by Gasteiger charge is 2.14. The van der Waals surface area contributed by atoms with Crippen LogP contribution in [0.4, 0.5) is 5.95 Å². The van der Waals surface area contributed by atoms with Crippen LogP contribution < -0.4 is 15.2 Å². The molecule has 6 heteroatoms. The van der Waals surface area contributed by atoms with Crippen LogP contribution in [0.3, 0.4) is 0 Å². The van der Waals surface area contributed by atoms with Crippen LogP contribution in [0.2, 0.25) is 0 Å². The molecule has 3 aromatic rings. The smallest absolute Gasteiger partial charge is 0.206 e.